The Morgan fingerprint density at radius 3 is 2.05 bits per heavy atom. The Kier molecular flexibility index (Phi) is 4.70. The summed E-state index contributed by atoms with van der Waals surface area (Å²) in [6, 6.07) is 5.81. The first kappa shape index (κ1) is 15.7. The fraction of sp³-hybridized carbons (Fsp3) is 0.462. The molecule has 5 nitrogen and oxygen atoms in total. The van der Waals surface area contributed by atoms with Crippen LogP contribution in [0, 0.1) is 0 Å². The molecular weight excluding hydrogens is 264 g/mol. The lowest BCUT2D eigenvalue weighted by Gasteiger charge is -2.27. The van der Waals surface area contributed by atoms with E-state index in [0.29, 0.717) is 0 Å². The van der Waals surface area contributed by atoms with Crippen molar-refractivity contribution in [1.29, 1.82) is 0 Å². The fourth-order valence-corrected chi connectivity index (χ4v) is 2.36. The molecule has 0 aliphatic carbocycles. The molecule has 106 valence electrons. The van der Waals surface area contributed by atoms with E-state index in [2.05, 4.69) is 0 Å². The van der Waals surface area contributed by atoms with E-state index >= 15 is 0 Å². The number of hydrogen-bond acceptors (Lipinski definition) is 4. The molecule has 0 saturated carbocycles. The second-order valence-corrected chi connectivity index (χ2v) is 6.77. The molecular formula is C13H20N2O3S. The molecule has 2 N–H and O–H groups in total. The zero-order valence-corrected chi connectivity index (χ0v) is 12.4. The number of likely N-dealkylation sites (N-methyl/N-ethyl adjacent to an activating group) is 1. The van der Waals surface area contributed by atoms with Crippen molar-refractivity contribution in [3.63, 3.8) is 0 Å². The topological polar surface area (TPSA) is 80.5 Å². The Morgan fingerprint density at radius 2 is 1.68 bits per heavy atom. The third-order valence-electron chi connectivity index (χ3n) is 3.11. The summed E-state index contributed by atoms with van der Waals surface area (Å²) in [4.78, 5) is 13.6. The molecule has 19 heavy (non-hydrogen) atoms. The van der Waals surface area contributed by atoms with E-state index in [1.165, 1.54) is 0 Å². The molecule has 0 fully saturated rings. The maximum Gasteiger partial charge on any atom is 0.239 e. The third kappa shape index (κ3) is 3.78. The molecule has 1 aromatic rings. The van der Waals surface area contributed by atoms with Crippen LogP contribution in [0.15, 0.2) is 29.2 Å². The number of nitrogens with zero attached hydrogens (tertiary/aromatic N) is 1. The SMILES string of the molecule is CC(c1ccc(S(C)(=O)=O)cc1)N(C)C(=O)[C@@H](C)N. The number of carbonyl (C=O) groups excluding carboxylic acids is 1. The highest BCUT2D eigenvalue weighted by molar-refractivity contribution is 7.90. The molecule has 0 spiro atoms. The van der Waals surface area contributed by atoms with Gasteiger partial charge in [-0.3, -0.25) is 4.79 Å². The van der Waals surface area contributed by atoms with Gasteiger partial charge in [0.2, 0.25) is 5.91 Å². The van der Waals surface area contributed by atoms with Gasteiger partial charge in [-0.05, 0) is 31.5 Å². The molecule has 0 aliphatic heterocycles. The lowest BCUT2D eigenvalue weighted by molar-refractivity contribution is -0.132. The van der Waals surface area contributed by atoms with Crippen LogP contribution in [0.2, 0.25) is 0 Å². The number of hydrogen-bond donors (Lipinski definition) is 1. The molecule has 0 aromatic heterocycles. The van der Waals surface area contributed by atoms with Gasteiger partial charge >= 0.3 is 0 Å². The summed E-state index contributed by atoms with van der Waals surface area (Å²) in [6.07, 6.45) is 1.16. The van der Waals surface area contributed by atoms with Crippen LogP contribution < -0.4 is 5.73 Å². The summed E-state index contributed by atoms with van der Waals surface area (Å²) in [5.74, 6) is -0.153. The van der Waals surface area contributed by atoms with Gasteiger partial charge in [0.15, 0.2) is 9.84 Å². The van der Waals surface area contributed by atoms with Crippen LogP contribution in [0.1, 0.15) is 25.5 Å². The van der Waals surface area contributed by atoms with Crippen LogP contribution in [0.5, 0.6) is 0 Å². The number of rotatable bonds is 4. The predicted octanol–water partition coefficient (Wildman–Crippen LogP) is 0.957. The molecule has 0 radical (unpaired) electrons. The van der Waals surface area contributed by atoms with Gasteiger partial charge in [0, 0.05) is 13.3 Å². The molecule has 0 bridgehead atoms. The quantitative estimate of drug-likeness (QED) is 0.893. The Labute approximate surface area is 114 Å². The fourth-order valence-electron chi connectivity index (χ4n) is 1.73. The maximum absolute atomic E-state index is 11.8. The predicted molar refractivity (Wildman–Crippen MR) is 74.4 cm³/mol. The average Bonchev–Trinajstić information content (AvgIpc) is 2.35. The second kappa shape index (κ2) is 5.71. The van der Waals surface area contributed by atoms with Gasteiger partial charge in [-0.25, -0.2) is 8.42 Å². The zero-order valence-electron chi connectivity index (χ0n) is 11.6. The van der Waals surface area contributed by atoms with Crippen LogP contribution >= 0.6 is 0 Å². The number of nitrogens with two attached hydrogens (primary N) is 1. The van der Waals surface area contributed by atoms with Gasteiger partial charge in [-0.2, -0.15) is 0 Å². The largest absolute Gasteiger partial charge is 0.338 e. The number of amides is 1. The smallest absolute Gasteiger partial charge is 0.239 e. The van der Waals surface area contributed by atoms with E-state index in [9.17, 15) is 13.2 Å². The maximum atomic E-state index is 11.8. The van der Waals surface area contributed by atoms with E-state index in [0.717, 1.165) is 11.8 Å². The standard InChI is InChI=1S/C13H20N2O3S/c1-9(14)13(16)15(3)10(2)11-5-7-12(8-6-11)19(4,17)18/h5-10H,14H2,1-4H3/t9-,10?/m1/s1. The van der Waals surface area contributed by atoms with Gasteiger partial charge < -0.3 is 10.6 Å². The van der Waals surface area contributed by atoms with E-state index in [-0.39, 0.29) is 16.8 Å². The summed E-state index contributed by atoms with van der Waals surface area (Å²) < 4.78 is 22.7. The molecule has 6 heteroatoms. The highest BCUT2D eigenvalue weighted by Crippen LogP contribution is 2.21. The molecule has 1 rings (SSSR count). The van der Waals surface area contributed by atoms with E-state index in [4.69, 9.17) is 5.73 Å². The Hall–Kier alpha value is -1.40. The average molecular weight is 284 g/mol. The molecule has 1 amide bonds. The normalized spacial score (nSPS) is 14.8. The van der Waals surface area contributed by atoms with Crippen LogP contribution in [0.4, 0.5) is 0 Å². The van der Waals surface area contributed by atoms with Crippen LogP contribution in [-0.4, -0.2) is 38.6 Å². The van der Waals surface area contributed by atoms with Crippen molar-refractivity contribution < 1.29 is 13.2 Å². The van der Waals surface area contributed by atoms with Gasteiger partial charge in [-0.1, -0.05) is 12.1 Å². The van der Waals surface area contributed by atoms with Gasteiger partial charge in [0.1, 0.15) is 0 Å². The molecule has 1 unspecified atom stereocenters. The first-order chi connectivity index (χ1) is 8.64. The van der Waals surface area contributed by atoms with Crippen LogP contribution in [0.3, 0.4) is 0 Å². The van der Waals surface area contributed by atoms with Crippen molar-refractivity contribution in [3.8, 4) is 0 Å². The highest BCUT2D eigenvalue weighted by Gasteiger charge is 2.20. The molecule has 0 aliphatic rings. The van der Waals surface area contributed by atoms with Crippen LogP contribution in [0.25, 0.3) is 0 Å². The van der Waals surface area contributed by atoms with Gasteiger partial charge in [-0.15, -0.1) is 0 Å². The van der Waals surface area contributed by atoms with E-state index in [1.807, 2.05) is 6.92 Å². The molecule has 0 saturated heterocycles. The lowest BCUT2D eigenvalue weighted by atomic mass is 10.1. The van der Waals surface area contributed by atoms with Crippen molar-refractivity contribution >= 4 is 15.7 Å². The van der Waals surface area contributed by atoms with Crippen molar-refractivity contribution in [2.24, 2.45) is 5.73 Å². The third-order valence-corrected chi connectivity index (χ3v) is 4.24. The first-order valence-corrected chi connectivity index (χ1v) is 7.86. The Morgan fingerprint density at radius 1 is 1.21 bits per heavy atom. The minimum Gasteiger partial charge on any atom is -0.338 e. The summed E-state index contributed by atoms with van der Waals surface area (Å²) in [7, 11) is -1.51. The van der Waals surface area contributed by atoms with E-state index in [1.54, 1.807) is 43.1 Å². The minimum absolute atomic E-state index is 0.153. The second-order valence-electron chi connectivity index (χ2n) is 4.75. The summed E-state index contributed by atoms with van der Waals surface area (Å²) >= 11 is 0. The molecule has 0 heterocycles. The summed E-state index contributed by atoms with van der Waals surface area (Å²) in [5, 5.41) is 0. The van der Waals surface area contributed by atoms with Crippen molar-refractivity contribution in [1.82, 2.24) is 4.90 Å². The van der Waals surface area contributed by atoms with Crippen molar-refractivity contribution in [2.75, 3.05) is 13.3 Å². The summed E-state index contributed by atoms with van der Waals surface area (Å²) in [6.45, 7) is 3.51. The Bertz CT molecular complexity index is 550. The lowest BCUT2D eigenvalue weighted by Crippen LogP contribution is -2.40. The van der Waals surface area contributed by atoms with E-state index < -0.39 is 15.9 Å². The highest BCUT2D eigenvalue weighted by atomic mass is 32.2. The number of sulfone groups is 1. The molecule has 1 aromatic carbocycles. The number of benzene rings is 1. The summed E-state index contributed by atoms with van der Waals surface area (Å²) in [5.41, 5.74) is 6.43. The van der Waals surface area contributed by atoms with Gasteiger partial charge in [0.25, 0.3) is 0 Å². The first-order valence-electron chi connectivity index (χ1n) is 5.97. The monoisotopic (exact) mass is 284 g/mol. The Balaban J connectivity index is 2.96. The minimum atomic E-state index is -3.20. The molecule has 2 atom stereocenters. The van der Waals surface area contributed by atoms with Crippen molar-refractivity contribution in [2.45, 2.75) is 30.8 Å². The van der Waals surface area contributed by atoms with Gasteiger partial charge in [0.05, 0.1) is 17.0 Å². The zero-order chi connectivity index (χ0) is 14.8. The number of carbonyl (C=O) groups is 1. The van der Waals surface area contributed by atoms with Crippen LogP contribution in [-0.2, 0) is 14.6 Å². The van der Waals surface area contributed by atoms with Crippen molar-refractivity contribution in [3.05, 3.63) is 29.8 Å².